The number of nitrogens with one attached hydrogen (secondary N) is 3. The number of thiol groups is 1. The fourth-order valence-corrected chi connectivity index (χ4v) is 2.70. The number of anilines is 3. The van der Waals surface area contributed by atoms with Gasteiger partial charge in [0.05, 0.1) is 10.9 Å². The van der Waals surface area contributed by atoms with Crippen molar-refractivity contribution in [1.82, 2.24) is 15.0 Å². The summed E-state index contributed by atoms with van der Waals surface area (Å²) in [6, 6.07) is 6.09. The van der Waals surface area contributed by atoms with Crippen LogP contribution >= 0.6 is 0 Å². The normalized spacial score (nSPS) is 16.5. The lowest BCUT2D eigenvalue weighted by Gasteiger charge is -2.16. The summed E-state index contributed by atoms with van der Waals surface area (Å²) in [6.07, 6.45) is 6.14. The first kappa shape index (κ1) is 16.7. The van der Waals surface area contributed by atoms with Gasteiger partial charge in [-0.05, 0) is 30.7 Å². The third-order valence-corrected chi connectivity index (χ3v) is 4.11. The average molecular weight is 360 g/mol. The third-order valence-electron chi connectivity index (χ3n) is 3.41. The number of hydrogen-bond donors (Lipinski definition) is 5. The Labute approximate surface area is 144 Å². The molecule has 10 heteroatoms. The molecule has 2 aromatic rings. The van der Waals surface area contributed by atoms with Gasteiger partial charge in [0.15, 0.2) is 10.7 Å². The maximum atomic E-state index is 11.7. The number of rotatable bonds is 5. The van der Waals surface area contributed by atoms with Gasteiger partial charge in [-0.25, -0.2) is 13.2 Å². The Morgan fingerprint density at radius 2 is 2.12 bits per heavy atom. The minimum Gasteiger partial charge on any atom is -0.399 e. The van der Waals surface area contributed by atoms with E-state index in [0.717, 1.165) is 0 Å². The Balaban J connectivity index is 1.79. The molecule has 5 N–H and O–H groups in total. The van der Waals surface area contributed by atoms with E-state index in [2.05, 4.69) is 25.6 Å². The topological polar surface area (TPSA) is 143 Å². The zero-order chi connectivity index (χ0) is 17.8. The van der Waals surface area contributed by atoms with Crippen molar-refractivity contribution in [3.63, 3.8) is 0 Å². The van der Waals surface area contributed by atoms with Gasteiger partial charge >= 0.3 is 5.69 Å². The summed E-state index contributed by atoms with van der Waals surface area (Å²) in [6.45, 7) is 0. The fourth-order valence-electron chi connectivity index (χ4n) is 2.25. The maximum absolute atomic E-state index is 11.7. The van der Waals surface area contributed by atoms with Crippen LogP contribution in [0.1, 0.15) is 6.42 Å². The van der Waals surface area contributed by atoms with Gasteiger partial charge in [0, 0.05) is 11.4 Å². The highest BCUT2D eigenvalue weighted by molar-refractivity contribution is 7.72. The second-order valence-corrected chi connectivity index (χ2v) is 6.34. The molecule has 0 saturated carbocycles. The van der Waals surface area contributed by atoms with Crippen molar-refractivity contribution in [2.24, 2.45) is 5.73 Å². The van der Waals surface area contributed by atoms with Crippen LogP contribution in [-0.4, -0.2) is 29.4 Å². The molecule has 0 spiro atoms. The summed E-state index contributed by atoms with van der Waals surface area (Å²) in [5, 5.41) is 5.89. The lowest BCUT2D eigenvalue weighted by Crippen LogP contribution is -2.24. The Bertz CT molecular complexity index is 971. The number of hydrogen-bond acceptors (Lipinski definition) is 8. The van der Waals surface area contributed by atoms with Crippen molar-refractivity contribution in [3.05, 3.63) is 58.7 Å². The molecule has 1 aliphatic rings. The van der Waals surface area contributed by atoms with Crippen LogP contribution in [0.5, 0.6) is 0 Å². The van der Waals surface area contributed by atoms with Gasteiger partial charge < -0.3 is 16.4 Å². The Morgan fingerprint density at radius 3 is 2.84 bits per heavy atom. The van der Waals surface area contributed by atoms with Crippen molar-refractivity contribution < 1.29 is 8.42 Å². The number of allylic oxidation sites excluding steroid dienone is 1. The standard InChI is InChI=1S/C15H16N6O3S/c16-9-4-6-10(7-5-9)17-13-19-14(21-15(22)20-13)18-11-2-1-3-12(8-11)25(23)24/h1-6,8,10,25H,7,16H2,(H3,17,18,19,20,21,22). The Hall–Kier alpha value is -3.14. The SMILES string of the molecule is NC1=CCC(Nc2nc(Nc3cccc([SH](=O)=O)c3)[nH]c(=O)n2)C=C1. The molecule has 25 heavy (non-hydrogen) atoms. The zero-order valence-electron chi connectivity index (χ0n) is 13.0. The molecule has 1 aliphatic carbocycles. The molecule has 1 atom stereocenters. The second-order valence-electron chi connectivity index (χ2n) is 5.31. The van der Waals surface area contributed by atoms with Crippen LogP contribution in [0.15, 0.2) is 57.9 Å². The predicted molar refractivity (Wildman–Crippen MR) is 94.4 cm³/mol. The van der Waals surface area contributed by atoms with Gasteiger partial charge in [-0.3, -0.25) is 4.98 Å². The number of benzene rings is 1. The van der Waals surface area contributed by atoms with Crippen LogP contribution in [0.4, 0.5) is 17.6 Å². The van der Waals surface area contributed by atoms with Crippen molar-refractivity contribution in [2.75, 3.05) is 10.6 Å². The first-order valence-corrected chi connectivity index (χ1v) is 8.57. The highest BCUT2D eigenvalue weighted by Crippen LogP contribution is 2.16. The molecule has 3 rings (SSSR count). The van der Waals surface area contributed by atoms with Gasteiger partial charge in [-0.15, -0.1) is 0 Å². The number of nitrogens with zero attached hydrogens (tertiary/aromatic N) is 2. The molecule has 0 amide bonds. The van der Waals surface area contributed by atoms with E-state index in [-0.39, 0.29) is 22.8 Å². The zero-order valence-corrected chi connectivity index (χ0v) is 13.9. The molecular formula is C15H16N6O3S. The molecule has 1 aromatic carbocycles. The van der Waals surface area contributed by atoms with Crippen LogP contribution in [0.3, 0.4) is 0 Å². The van der Waals surface area contributed by atoms with Crippen LogP contribution in [-0.2, 0) is 10.7 Å². The summed E-state index contributed by atoms with van der Waals surface area (Å²) < 4.78 is 22.1. The molecule has 0 fully saturated rings. The molecule has 0 aliphatic heterocycles. The molecule has 1 heterocycles. The molecule has 0 radical (unpaired) electrons. The van der Waals surface area contributed by atoms with Crippen molar-refractivity contribution in [3.8, 4) is 0 Å². The predicted octanol–water partition coefficient (Wildman–Crippen LogP) is 0.462. The third kappa shape index (κ3) is 4.44. The lowest BCUT2D eigenvalue weighted by atomic mass is 10.1. The van der Waals surface area contributed by atoms with E-state index in [4.69, 9.17) is 5.73 Å². The van der Waals surface area contributed by atoms with Crippen LogP contribution in [0.2, 0.25) is 0 Å². The van der Waals surface area contributed by atoms with E-state index in [1.165, 1.54) is 12.1 Å². The number of H-pyrrole nitrogens is 1. The second kappa shape index (κ2) is 7.18. The smallest absolute Gasteiger partial charge is 0.351 e. The molecule has 130 valence electrons. The van der Waals surface area contributed by atoms with E-state index in [1.54, 1.807) is 18.2 Å². The minimum atomic E-state index is -2.69. The quantitative estimate of drug-likeness (QED) is 0.484. The summed E-state index contributed by atoms with van der Waals surface area (Å²) >= 11 is 0. The summed E-state index contributed by atoms with van der Waals surface area (Å²) in [4.78, 5) is 22.3. The number of aromatic amines is 1. The lowest BCUT2D eigenvalue weighted by molar-refractivity contribution is 0.614. The minimum absolute atomic E-state index is 0.0743. The van der Waals surface area contributed by atoms with E-state index < -0.39 is 16.4 Å². The highest BCUT2D eigenvalue weighted by atomic mass is 32.2. The van der Waals surface area contributed by atoms with Crippen LogP contribution in [0, 0.1) is 0 Å². The van der Waals surface area contributed by atoms with E-state index in [9.17, 15) is 13.2 Å². The monoisotopic (exact) mass is 360 g/mol. The highest BCUT2D eigenvalue weighted by Gasteiger charge is 2.11. The molecule has 0 saturated heterocycles. The summed E-state index contributed by atoms with van der Waals surface area (Å²) in [7, 11) is -2.69. The van der Waals surface area contributed by atoms with Gasteiger partial charge in [0.2, 0.25) is 11.9 Å². The number of nitrogens with two attached hydrogens (primary N) is 1. The van der Waals surface area contributed by atoms with E-state index >= 15 is 0 Å². The molecule has 0 bridgehead atoms. The van der Waals surface area contributed by atoms with Gasteiger partial charge in [-0.2, -0.15) is 9.97 Å². The van der Waals surface area contributed by atoms with Crippen molar-refractivity contribution >= 4 is 28.3 Å². The maximum Gasteiger partial charge on any atom is 0.351 e. The van der Waals surface area contributed by atoms with E-state index in [0.29, 0.717) is 17.8 Å². The first-order valence-electron chi connectivity index (χ1n) is 7.40. The average Bonchev–Trinajstić information content (AvgIpc) is 2.57. The van der Waals surface area contributed by atoms with Crippen molar-refractivity contribution in [1.29, 1.82) is 0 Å². The van der Waals surface area contributed by atoms with Gasteiger partial charge in [0.1, 0.15) is 0 Å². The van der Waals surface area contributed by atoms with Crippen molar-refractivity contribution in [2.45, 2.75) is 17.4 Å². The van der Waals surface area contributed by atoms with Gasteiger partial charge in [0.25, 0.3) is 0 Å². The number of aromatic nitrogens is 3. The fraction of sp³-hybridized carbons (Fsp3) is 0.133. The first-order chi connectivity index (χ1) is 12.0. The van der Waals surface area contributed by atoms with Gasteiger partial charge in [-0.1, -0.05) is 18.2 Å². The van der Waals surface area contributed by atoms with Crippen LogP contribution < -0.4 is 22.1 Å². The summed E-state index contributed by atoms with van der Waals surface area (Å²) in [5.41, 5.74) is 6.24. The van der Waals surface area contributed by atoms with E-state index in [1.807, 2.05) is 12.2 Å². The summed E-state index contributed by atoms with van der Waals surface area (Å²) in [5.74, 6) is 0.302. The molecular weight excluding hydrogens is 344 g/mol. The van der Waals surface area contributed by atoms with Crippen LogP contribution in [0.25, 0.3) is 0 Å². The molecule has 1 unspecified atom stereocenters. The molecule has 1 aromatic heterocycles. The largest absolute Gasteiger partial charge is 0.399 e. The Kier molecular flexibility index (Phi) is 4.80. The molecule has 9 nitrogen and oxygen atoms in total. The Morgan fingerprint density at radius 1 is 1.28 bits per heavy atom.